The average Bonchev–Trinajstić information content (AvgIpc) is 3.01. The van der Waals surface area contributed by atoms with Gasteiger partial charge in [-0.15, -0.1) is 0 Å². The molecule has 1 aliphatic carbocycles. The molecular weight excluding hydrogens is 407 g/mol. The molecule has 1 saturated heterocycles. The molecular formula is C23H22ClFN2OS. The van der Waals surface area contributed by atoms with Gasteiger partial charge in [0.05, 0.1) is 15.6 Å². The molecule has 2 aromatic rings. The number of carbonyl (C=O) groups is 1. The molecule has 1 heterocycles. The largest absolute Gasteiger partial charge is 0.283 e. The maximum absolute atomic E-state index is 14.3. The summed E-state index contributed by atoms with van der Waals surface area (Å²) in [5, 5.41) is 0.940. The van der Waals surface area contributed by atoms with E-state index in [4.69, 9.17) is 16.6 Å². The standard InChI is InChI=1S/C23H22ClFN2OS/c1-15-8-5-6-13-20(15)27-22(28)21(14-17-18(24)11-7-12-19(17)25)29-23(27)26-16-9-3-2-4-10-16/h2-4,7,9-12,14-15,20H,5-6,8,13H2,1H3/b21-14-,26-23?/t15-,20+/m0/s1. The highest BCUT2D eigenvalue weighted by Crippen LogP contribution is 2.40. The zero-order valence-corrected chi connectivity index (χ0v) is 17.7. The number of amides is 1. The monoisotopic (exact) mass is 428 g/mol. The number of halogens is 2. The summed E-state index contributed by atoms with van der Waals surface area (Å²) in [7, 11) is 0. The van der Waals surface area contributed by atoms with Crippen molar-refractivity contribution in [2.24, 2.45) is 10.9 Å². The Bertz CT molecular complexity index is 956. The van der Waals surface area contributed by atoms with Crippen molar-refractivity contribution < 1.29 is 9.18 Å². The summed E-state index contributed by atoms with van der Waals surface area (Å²) < 4.78 is 14.3. The van der Waals surface area contributed by atoms with E-state index in [1.807, 2.05) is 35.2 Å². The molecule has 0 radical (unpaired) electrons. The van der Waals surface area contributed by atoms with E-state index < -0.39 is 5.82 Å². The van der Waals surface area contributed by atoms with Crippen molar-refractivity contribution in [3.8, 4) is 0 Å². The van der Waals surface area contributed by atoms with Crippen molar-refractivity contribution in [3.63, 3.8) is 0 Å². The molecule has 1 saturated carbocycles. The Morgan fingerprint density at radius 2 is 1.90 bits per heavy atom. The predicted molar refractivity (Wildman–Crippen MR) is 119 cm³/mol. The SMILES string of the molecule is C[C@H]1CCCC[C@H]1N1C(=O)/C(=C/c2c(F)cccc2Cl)SC1=Nc1ccccc1. The lowest BCUT2D eigenvalue weighted by atomic mass is 9.85. The van der Waals surface area contributed by atoms with Crippen molar-refractivity contribution in [2.75, 3.05) is 0 Å². The van der Waals surface area contributed by atoms with Gasteiger partial charge < -0.3 is 0 Å². The van der Waals surface area contributed by atoms with Crippen LogP contribution in [-0.4, -0.2) is 22.0 Å². The summed E-state index contributed by atoms with van der Waals surface area (Å²) in [6, 6.07) is 14.2. The number of hydrogen-bond acceptors (Lipinski definition) is 3. The van der Waals surface area contributed by atoms with Gasteiger partial charge in [0, 0.05) is 11.6 Å². The molecule has 0 unspecified atom stereocenters. The molecule has 29 heavy (non-hydrogen) atoms. The van der Waals surface area contributed by atoms with Crippen LogP contribution in [0.25, 0.3) is 6.08 Å². The summed E-state index contributed by atoms with van der Waals surface area (Å²) in [5.74, 6) is -0.169. The van der Waals surface area contributed by atoms with Gasteiger partial charge >= 0.3 is 0 Å². The lowest BCUT2D eigenvalue weighted by Gasteiger charge is -2.35. The number of para-hydroxylation sites is 1. The molecule has 2 aliphatic rings. The van der Waals surface area contributed by atoms with Crippen LogP contribution in [0.15, 0.2) is 58.4 Å². The van der Waals surface area contributed by atoms with E-state index in [-0.39, 0.29) is 22.5 Å². The second kappa shape index (κ2) is 8.72. The first-order chi connectivity index (χ1) is 14.0. The fourth-order valence-corrected chi connectivity index (χ4v) is 5.17. The number of thioether (sulfide) groups is 1. The van der Waals surface area contributed by atoms with Crippen LogP contribution in [0.3, 0.4) is 0 Å². The number of benzene rings is 2. The smallest absolute Gasteiger partial charge is 0.267 e. The number of nitrogens with zero attached hydrogens (tertiary/aromatic N) is 2. The minimum absolute atomic E-state index is 0.105. The Morgan fingerprint density at radius 1 is 1.14 bits per heavy atom. The Hall–Kier alpha value is -2.11. The van der Waals surface area contributed by atoms with Crippen LogP contribution >= 0.6 is 23.4 Å². The molecule has 2 aromatic carbocycles. The van der Waals surface area contributed by atoms with Crippen molar-refractivity contribution in [1.29, 1.82) is 0 Å². The number of aliphatic imine (C=N–C) groups is 1. The molecule has 0 aromatic heterocycles. The predicted octanol–water partition coefficient (Wildman–Crippen LogP) is 6.66. The highest BCUT2D eigenvalue weighted by molar-refractivity contribution is 8.18. The van der Waals surface area contributed by atoms with Crippen LogP contribution in [0, 0.1) is 11.7 Å². The van der Waals surface area contributed by atoms with Crippen LogP contribution in [-0.2, 0) is 4.79 Å². The summed E-state index contributed by atoms with van der Waals surface area (Å²) in [5.41, 5.74) is 1.03. The normalized spacial score (nSPS) is 25.2. The third-order valence-electron chi connectivity index (χ3n) is 5.49. The van der Waals surface area contributed by atoms with Crippen molar-refractivity contribution in [3.05, 3.63) is 69.8 Å². The van der Waals surface area contributed by atoms with Crippen molar-refractivity contribution >= 4 is 46.2 Å². The second-order valence-corrected chi connectivity index (χ2v) is 8.90. The topological polar surface area (TPSA) is 32.7 Å². The van der Waals surface area contributed by atoms with Gasteiger partial charge in [0.2, 0.25) is 0 Å². The first-order valence-corrected chi connectivity index (χ1v) is 11.0. The molecule has 0 N–H and O–H groups in total. The summed E-state index contributed by atoms with van der Waals surface area (Å²) in [6.45, 7) is 2.19. The highest BCUT2D eigenvalue weighted by Gasteiger charge is 2.41. The number of amidine groups is 1. The summed E-state index contributed by atoms with van der Waals surface area (Å²) >= 11 is 7.47. The lowest BCUT2D eigenvalue weighted by molar-refractivity contribution is -0.124. The average molecular weight is 429 g/mol. The highest BCUT2D eigenvalue weighted by atomic mass is 35.5. The first-order valence-electron chi connectivity index (χ1n) is 9.85. The fraction of sp³-hybridized carbons (Fsp3) is 0.304. The first kappa shape index (κ1) is 20.2. The van der Waals surface area contributed by atoms with Gasteiger partial charge in [0.25, 0.3) is 5.91 Å². The van der Waals surface area contributed by atoms with Gasteiger partial charge in [-0.3, -0.25) is 9.69 Å². The number of hydrogen-bond donors (Lipinski definition) is 0. The maximum atomic E-state index is 14.3. The lowest BCUT2D eigenvalue weighted by Crippen LogP contribution is -2.44. The molecule has 150 valence electrons. The van der Waals surface area contributed by atoms with E-state index in [0.717, 1.165) is 24.9 Å². The molecule has 2 fully saturated rings. The van der Waals surface area contributed by atoms with E-state index in [1.54, 1.807) is 18.2 Å². The Labute approximate surface area is 179 Å². The minimum Gasteiger partial charge on any atom is -0.283 e. The third kappa shape index (κ3) is 4.26. The quantitative estimate of drug-likeness (QED) is 0.512. The number of carbonyl (C=O) groups excluding carboxylic acids is 1. The molecule has 6 heteroatoms. The number of rotatable bonds is 3. The van der Waals surface area contributed by atoms with E-state index in [9.17, 15) is 9.18 Å². The Kier molecular flexibility index (Phi) is 6.07. The van der Waals surface area contributed by atoms with Crippen LogP contribution in [0.2, 0.25) is 5.02 Å². The van der Waals surface area contributed by atoms with Crippen LogP contribution in [0.5, 0.6) is 0 Å². The molecule has 0 bridgehead atoms. The van der Waals surface area contributed by atoms with Crippen molar-refractivity contribution in [2.45, 2.75) is 38.6 Å². The summed E-state index contributed by atoms with van der Waals surface area (Å²) in [4.78, 5) is 20.4. The van der Waals surface area contributed by atoms with E-state index in [1.165, 1.54) is 24.2 Å². The fourth-order valence-electron chi connectivity index (χ4n) is 3.93. The van der Waals surface area contributed by atoms with Crippen molar-refractivity contribution in [1.82, 2.24) is 4.90 Å². The molecule has 2 atom stereocenters. The molecule has 4 rings (SSSR count). The molecule has 3 nitrogen and oxygen atoms in total. The summed E-state index contributed by atoms with van der Waals surface area (Å²) in [6.07, 6.45) is 5.88. The van der Waals surface area contributed by atoms with Crippen LogP contribution in [0.1, 0.15) is 38.2 Å². The van der Waals surface area contributed by atoms with Crippen LogP contribution in [0.4, 0.5) is 10.1 Å². The molecule has 1 aliphatic heterocycles. The van der Waals surface area contributed by atoms with E-state index >= 15 is 0 Å². The van der Waals surface area contributed by atoms with Gasteiger partial charge in [0.15, 0.2) is 5.17 Å². The Morgan fingerprint density at radius 3 is 2.62 bits per heavy atom. The van der Waals surface area contributed by atoms with Gasteiger partial charge in [-0.05, 0) is 60.9 Å². The minimum atomic E-state index is -0.440. The third-order valence-corrected chi connectivity index (χ3v) is 6.80. The molecule has 0 spiro atoms. The second-order valence-electron chi connectivity index (χ2n) is 7.48. The van der Waals surface area contributed by atoms with E-state index in [0.29, 0.717) is 16.0 Å². The molecule has 1 amide bonds. The Balaban J connectivity index is 1.76. The zero-order valence-electron chi connectivity index (χ0n) is 16.1. The van der Waals surface area contributed by atoms with Crippen LogP contribution < -0.4 is 0 Å². The van der Waals surface area contributed by atoms with Gasteiger partial charge in [-0.25, -0.2) is 9.38 Å². The van der Waals surface area contributed by atoms with E-state index in [2.05, 4.69) is 6.92 Å². The van der Waals surface area contributed by atoms with Gasteiger partial charge in [-0.1, -0.05) is 55.6 Å². The maximum Gasteiger partial charge on any atom is 0.267 e. The van der Waals surface area contributed by atoms with Gasteiger partial charge in [0.1, 0.15) is 5.82 Å². The zero-order chi connectivity index (χ0) is 20.4. The van der Waals surface area contributed by atoms with Gasteiger partial charge in [-0.2, -0.15) is 0 Å².